The molecule has 0 spiro atoms. The highest BCUT2D eigenvalue weighted by molar-refractivity contribution is 9.10. The molecule has 1 aromatic rings. The molecule has 0 bridgehead atoms. The average Bonchev–Trinajstić information content (AvgIpc) is 2.21. The summed E-state index contributed by atoms with van der Waals surface area (Å²) in [6, 6.07) is 5.54. The van der Waals surface area contributed by atoms with Crippen LogP contribution in [-0.4, -0.2) is 13.1 Å². The molecule has 0 heterocycles. The molecule has 1 unspecified atom stereocenters. The molecule has 1 atom stereocenters. The lowest BCUT2D eigenvalue weighted by Crippen LogP contribution is -2.17. The number of carbonyl (C=O) groups excluding carboxylic acids is 1. The maximum Gasteiger partial charge on any atom is 0.307 e. The molecular weight excluding hydrogens is 258 g/mol. The SMILES string of the molecule is COC(=O)CC(N)c1cc(Br)ccc1C. The Labute approximate surface area is 97.7 Å². The van der Waals surface area contributed by atoms with Gasteiger partial charge in [-0.1, -0.05) is 22.0 Å². The van der Waals surface area contributed by atoms with E-state index in [9.17, 15) is 4.79 Å². The molecule has 0 aliphatic heterocycles. The topological polar surface area (TPSA) is 52.3 Å². The van der Waals surface area contributed by atoms with Crippen LogP contribution in [-0.2, 0) is 9.53 Å². The number of hydrogen-bond acceptors (Lipinski definition) is 3. The Bertz CT molecular complexity index is 366. The fourth-order valence-corrected chi connectivity index (χ4v) is 1.76. The Morgan fingerprint density at radius 3 is 2.87 bits per heavy atom. The van der Waals surface area contributed by atoms with Crippen molar-refractivity contribution in [2.24, 2.45) is 5.73 Å². The smallest absolute Gasteiger partial charge is 0.307 e. The van der Waals surface area contributed by atoms with Crippen LogP contribution in [0.15, 0.2) is 22.7 Å². The third-order valence-corrected chi connectivity index (χ3v) is 2.75. The van der Waals surface area contributed by atoms with Gasteiger partial charge in [0.25, 0.3) is 0 Å². The van der Waals surface area contributed by atoms with Gasteiger partial charge in [0, 0.05) is 10.5 Å². The first-order valence-electron chi connectivity index (χ1n) is 4.63. The van der Waals surface area contributed by atoms with Crippen LogP contribution >= 0.6 is 15.9 Å². The Morgan fingerprint density at radius 1 is 1.60 bits per heavy atom. The van der Waals surface area contributed by atoms with Crippen LogP contribution in [0.25, 0.3) is 0 Å². The van der Waals surface area contributed by atoms with Gasteiger partial charge in [-0.3, -0.25) is 4.79 Å². The first-order chi connectivity index (χ1) is 7.04. The minimum Gasteiger partial charge on any atom is -0.469 e. The number of rotatable bonds is 3. The van der Waals surface area contributed by atoms with E-state index in [4.69, 9.17) is 5.73 Å². The van der Waals surface area contributed by atoms with E-state index < -0.39 is 0 Å². The van der Waals surface area contributed by atoms with Gasteiger partial charge in [-0.2, -0.15) is 0 Å². The fraction of sp³-hybridized carbons (Fsp3) is 0.364. The van der Waals surface area contributed by atoms with E-state index in [1.807, 2.05) is 25.1 Å². The van der Waals surface area contributed by atoms with Gasteiger partial charge in [0.1, 0.15) is 0 Å². The van der Waals surface area contributed by atoms with Crippen LogP contribution in [0, 0.1) is 6.92 Å². The molecule has 4 heteroatoms. The molecule has 0 saturated carbocycles. The van der Waals surface area contributed by atoms with Crippen molar-refractivity contribution in [1.29, 1.82) is 0 Å². The lowest BCUT2D eigenvalue weighted by atomic mass is 10.00. The lowest BCUT2D eigenvalue weighted by Gasteiger charge is -2.13. The number of carbonyl (C=O) groups is 1. The summed E-state index contributed by atoms with van der Waals surface area (Å²) >= 11 is 3.38. The summed E-state index contributed by atoms with van der Waals surface area (Å²) in [5.41, 5.74) is 7.97. The zero-order chi connectivity index (χ0) is 11.4. The number of nitrogens with two attached hydrogens (primary N) is 1. The number of esters is 1. The van der Waals surface area contributed by atoms with Crippen molar-refractivity contribution in [3.63, 3.8) is 0 Å². The van der Waals surface area contributed by atoms with Gasteiger partial charge in [-0.25, -0.2) is 0 Å². The number of ether oxygens (including phenoxy) is 1. The first-order valence-corrected chi connectivity index (χ1v) is 5.42. The van der Waals surface area contributed by atoms with Crippen molar-refractivity contribution >= 4 is 21.9 Å². The Kier molecular flexibility index (Phi) is 4.29. The summed E-state index contributed by atoms with van der Waals surface area (Å²) < 4.78 is 5.54. The highest BCUT2D eigenvalue weighted by Crippen LogP contribution is 2.22. The number of methoxy groups -OCH3 is 1. The average molecular weight is 272 g/mol. The van der Waals surface area contributed by atoms with E-state index >= 15 is 0 Å². The molecule has 15 heavy (non-hydrogen) atoms. The molecule has 1 rings (SSSR count). The third-order valence-electron chi connectivity index (χ3n) is 2.26. The maximum absolute atomic E-state index is 11.1. The van der Waals surface area contributed by atoms with Crippen LogP contribution in [0.3, 0.4) is 0 Å². The summed E-state index contributed by atoms with van der Waals surface area (Å²) in [6.45, 7) is 1.97. The first kappa shape index (κ1) is 12.2. The van der Waals surface area contributed by atoms with E-state index in [1.54, 1.807) is 0 Å². The maximum atomic E-state index is 11.1. The third kappa shape index (κ3) is 3.32. The molecule has 0 aromatic heterocycles. The van der Waals surface area contributed by atoms with Crippen molar-refractivity contribution in [3.8, 4) is 0 Å². The van der Waals surface area contributed by atoms with Crippen LogP contribution in [0.5, 0.6) is 0 Å². The highest BCUT2D eigenvalue weighted by Gasteiger charge is 2.14. The van der Waals surface area contributed by atoms with Gasteiger partial charge < -0.3 is 10.5 Å². The van der Waals surface area contributed by atoms with Crippen molar-refractivity contribution < 1.29 is 9.53 Å². The van der Waals surface area contributed by atoms with E-state index in [0.29, 0.717) is 0 Å². The van der Waals surface area contributed by atoms with Gasteiger partial charge in [0.2, 0.25) is 0 Å². The summed E-state index contributed by atoms with van der Waals surface area (Å²) in [4.78, 5) is 11.1. The molecule has 0 aliphatic rings. The van der Waals surface area contributed by atoms with Crippen molar-refractivity contribution in [1.82, 2.24) is 0 Å². The molecule has 1 aromatic carbocycles. The number of hydrogen-bond donors (Lipinski definition) is 1. The second-order valence-corrected chi connectivity index (χ2v) is 4.30. The molecule has 0 radical (unpaired) electrons. The molecule has 0 amide bonds. The fourth-order valence-electron chi connectivity index (χ4n) is 1.38. The molecule has 0 saturated heterocycles. The zero-order valence-corrected chi connectivity index (χ0v) is 10.4. The van der Waals surface area contributed by atoms with Crippen LogP contribution in [0.1, 0.15) is 23.6 Å². The Morgan fingerprint density at radius 2 is 2.27 bits per heavy atom. The molecule has 0 fully saturated rings. The van der Waals surface area contributed by atoms with Crippen LogP contribution in [0.4, 0.5) is 0 Å². The normalized spacial score (nSPS) is 12.3. The highest BCUT2D eigenvalue weighted by atomic mass is 79.9. The van der Waals surface area contributed by atoms with Crippen molar-refractivity contribution in [2.45, 2.75) is 19.4 Å². The van der Waals surface area contributed by atoms with E-state index in [1.165, 1.54) is 7.11 Å². The zero-order valence-electron chi connectivity index (χ0n) is 8.79. The van der Waals surface area contributed by atoms with Crippen LogP contribution in [0.2, 0.25) is 0 Å². The standard InChI is InChI=1S/C11H14BrNO2/c1-7-3-4-8(12)5-9(7)10(13)6-11(14)15-2/h3-5,10H,6,13H2,1-2H3. The quantitative estimate of drug-likeness (QED) is 0.859. The minimum atomic E-state index is -0.310. The second-order valence-electron chi connectivity index (χ2n) is 3.39. The monoisotopic (exact) mass is 271 g/mol. The lowest BCUT2D eigenvalue weighted by molar-refractivity contribution is -0.141. The number of aryl methyl sites for hydroxylation is 1. The molecular formula is C11H14BrNO2. The van der Waals surface area contributed by atoms with Crippen molar-refractivity contribution in [3.05, 3.63) is 33.8 Å². The molecule has 3 nitrogen and oxygen atoms in total. The van der Waals surface area contributed by atoms with Gasteiger partial charge in [0.15, 0.2) is 0 Å². The molecule has 82 valence electrons. The summed E-state index contributed by atoms with van der Waals surface area (Å²) in [6.07, 6.45) is 0.202. The number of halogens is 1. The van der Waals surface area contributed by atoms with E-state index in [0.717, 1.165) is 15.6 Å². The van der Waals surface area contributed by atoms with E-state index in [-0.39, 0.29) is 18.4 Å². The van der Waals surface area contributed by atoms with Gasteiger partial charge >= 0.3 is 5.97 Å². The number of benzene rings is 1. The predicted octanol–water partition coefficient (Wildman–Crippen LogP) is 2.32. The second kappa shape index (κ2) is 5.28. The summed E-state index contributed by atoms with van der Waals surface area (Å²) in [5.74, 6) is -0.290. The molecule has 2 N–H and O–H groups in total. The van der Waals surface area contributed by atoms with Gasteiger partial charge in [-0.05, 0) is 30.2 Å². The Balaban J connectivity index is 2.85. The van der Waals surface area contributed by atoms with Crippen molar-refractivity contribution in [2.75, 3.05) is 7.11 Å². The van der Waals surface area contributed by atoms with Gasteiger partial charge in [-0.15, -0.1) is 0 Å². The van der Waals surface area contributed by atoms with Gasteiger partial charge in [0.05, 0.1) is 13.5 Å². The Hall–Kier alpha value is -0.870. The summed E-state index contributed by atoms with van der Waals surface area (Å²) in [7, 11) is 1.36. The summed E-state index contributed by atoms with van der Waals surface area (Å²) in [5, 5.41) is 0. The van der Waals surface area contributed by atoms with Crippen LogP contribution < -0.4 is 5.73 Å². The largest absolute Gasteiger partial charge is 0.469 e. The molecule has 0 aliphatic carbocycles. The minimum absolute atomic E-state index is 0.202. The predicted molar refractivity (Wildman–Crippen MR) is 62.4 cm³/mol. The van der Waals surface area contributed by atoms with E-state index in [2.05, 4.69) is 20.7 Å².